The maximum atomic E-state index is 11.6. The first kappa shape index (κ1) is 8.72. The van der Waals surface area contributed by atoms with E-state index in [4.69, 9.17) is 4.84 Å². The zero-order valence-corrected chi connectivity index (χ0v) is 8.33. The fraction of sp³-hybridized carbons (Fsp3) is 0.857. The van der Waals surface area contributed by atoms with E-state index >= 15 is 0 Å². The highest BCUT2D eigenvalue weighted by molar-refractivity contribution is 8.21. The topological polar surface area (TPSA) is 29.5 Å². The fourth-order valence-corrected chi connectivity index (χ4v) is 3.92. The van der Waals surface area contributed by atoms with Crippen LogP contribution >= 0.6 is 23.5 Å². The van der Waals surface area contributed by atoms with Crippen LogP contribution in [0, 0.1) is 0 Å². The maximum Gasteiger partial charge on any atom is 0.269 e. The lowest BCUT2D eigenvalue weighted by molar-refractivity contribution is -0.166. The van der Waals surface area contributed by atoms with Gasteiger partial charge in [0.25, 0.3) is 5.91 Å². The quantitative estimate of drug-likeness (QED) is 0.637. The average molecular weight is 205 g/mol. The summed E-state index contributed by atoms with van der Waals surface area (Å²) in [5.74, 6) is 2.34. The van der Waals surface area contributed by atoms with Crippen LogP contribution in [0.15, 0.2) is 0 Å². The van der Waals surface area contributed by atoms with Crippen LogP contribution in [0.1, 0.15) is 6.42 Å². The summed E-state index contributed by atoms with van der Waals surface area (Å²) < 4.78 is 0.100. The van der Waals surface area contributed by atoms with E-state index in [1.54, 1.807) is 23.5 Å². The summed E-state index contributed by atoms with van der Waals surface area (Å²) in [7, 11) is 0. The number of hydrogen-bond donors (Lipinski definition) is 0. The van der Waals surface area contributed by atoms with Crippen LogP contribution in [0.4, 0.5) is 0 Å². The van der Waals surface area contributed by atoms with Gasteiger partial charge in [-0.1, -0.05) is 0 Å². The third-order valence-electron chi connectivity index (χ3n) is 1.82. The van der Waals surface area contributed by atoms with Crippen molar-refractivity contribution in [3.8, 4) is 0 Å². The lowest BCUT2D eigenvalue weighted by Crippen LogP contribution is -2.32. The molecule has 0 aromatic rings. The number of thioether (sulfide) groups is 2. The number of hydroxylamine groups is 2. The SMILES string of the molecule is O=C(C1SCCS1)N1CCCO1. The van der Waals surface area contributed by atoms with E-state index in [0.717, 1.165) is 24.5 Å². The van der Waals surface area contributed by atoms with Crippen molar-refractivity contribution in [2.24, 2.45) is 0 Å². The van der Waals surface area contributed by atoms with Gasteiger partial charge in [0.2, 0.25) is 0 Å². The van der Waals surface area contributed by atoms with Gasteiger partial charge >= 0.3 is 0 Å². The van der Waals surface area contributed by atoms with Gasteiger partial charge in [-0.05, 0) is 6.42 Å². The standard InChI is InChI=1S/C7H11NO2S2/c9-6(7-11-4-5-12-7)8-2-1-3-10-8/h7H,1-5H2. The predicted molar refractivity (Wildman–Crippen MR) is 51.0 cm³/mol. The van der Waals surface area contributed by atoms with Crippen molar-refractivity contribution in [1.29, 1.82) is 0 Å². The molecule has 3 nitrogen and oxygen atoms in total. The summed E-state index contributed by atoms with van der Waals surface area (Å²) in [6.45, 7) is 1.48. The normalized spacial score (nSPS) is 25.2. The Morgan fingerprint density at radius 3 is 2.75 bits per heavy atom. The molecule has 0 aromatic carbocycles. The summed E-state index contributed by atoms with van der Waals surface area (Å²) in [6.07, 6.45) is 0.980. The van der Waals surface area contributed by atoms with Crippen LogP contribution in [-0.2, 0) is 9.63 Å². The number of hydrogen-bond acceptors (Lipinski definition) is 4. The van der Waals surface area contributed by atoms with Gasteiger partial charge in [-0.25, -0.2) is 5.06 Å². The summed E-state index contributed by atoms with van der Waals surface area (Å²) in [6, 6.07) is 0. The first-order chi connectivity index (χ1) is 5.88. The Balaban J connectivity index is 1.89. The first-order valence-corrected chi connectivity index (χ1v) is 6.15. The van der Waals surface area contributed by atoms with Gasteiger partial charge in [-0.3, -0.25) is 9.63 Å². The molecule has 12 heavy (non-hydrogen) atoms. The minimum absolute atomic E-state index is 0.100. The zero-order valence-electron chi connectivity index (χ0n) is 6.69. The number of amides is 1. The molecule has 2 fully saturated rings. The van der Waals surface area contributed by atoms with E-state index in [-0.39, 0.29) is 10.5 Å². The lowest BCUT2D eigenvalue weighted by Gasteiger charge is -2.16. The summed E-state index contributed by atoms with van der Waals surface area (Å²) in [5.41, 5.74) is 0. The Labute approximate surface area is 80.2 Å². The molecule has 68 valence electrons. The van der Waals surface area contributed by atoms with E-state index in [1.807, 2.05) is 0 Å². The van der Waals surface area contributed by atoms with Crippen LogP contribution in [-0.4, -0.2) is 40.2 Å². The van der Waals surface area contributed by atoms with Crippen LogP contribution < -0.4 is 0 Å². The van der Waals surface area contributed by atoms with Crippen LogP contribution in [0.3, 0.4) is 0 Å². The Morgan fingerprint density at radius 2 is 2.17 bits per heavy atom. The molecule has 5 heteroatoms. The zero-order chi connectivity index (χ0) is 8.39. The van der Waals surface area contributed by atoms with Gasteiger partial charge in [0, 0.05) is 11.5 Å². The third-order valence-corrected chi connectivity index (χ3v) is 4.79. The molecule has 0 aromatic heterocycles. The molecule has 1 amide bonds. The molecule has 2 rings (SSSR count). The van der Waals surface area contributed by atoms with Gasteiger partial charge in [0.15, 0.2) is 0 Å². The number of carbonyl (C=O) groups excluding carboxylic acids is 1. The maximum absolute atomic E-state index is 11.6. The molecule has 0 N–H and O–H groups in total. The third kappa shape index (κ3) is 1.72. The minimum atomic E-state index is 0.100. The second-order valence-electron chi connectivity index (χ2n) is 2.70. The average Bonchev–Trinajstić information content (AvgIpc) is 2.77. The summed E-state index contributed by atoms with van der Waals surface area (Å²) in [5, 5.41) is 1.52. The van der Waals surface area contributed by atoms with Crippen molar-refractivity contribution >= 4 is 29.4 Å². The Hall–Kier alpha value is 0.130. The van der Waals surface area contributed by atoms with Gasteiger partial charge in [0.05, 0.1) is 13.2 Å². The van der Waals surface area contributed by atoms with Crippen molar-refractivity contribution in [3.05, 3.63) is 0 Å². The molecular weight excluding hydrogens is 194 g/mol. The molecule has 0 radical (unpaired) electrons. The van der Waals surface area contributed by atoms with Crippen LogP contribution in [0.5, 0.6) is 0 Å². The van der Waals surface area contributed by atoms with Crippen molar-refractivity contribution < 1.29 is 9.63 Å². The molecule has 2 heterocycles. The number of rotatable bonds is 1. The minimum Gasteiger partial charge on any atom is -0.271 e. The second kappa shape index (κ2) is 3.89. The predicted octanol–water partition coefficient (Wildman–Crippen LogP) is 0.956. The van der Waals surface area contributed by atoms with Crippen LogP contribution in [0.25, 0.3) is 0 Å². The first-order valence-electron chi connectivity index (χ1n) is 4.05. The van der Waals surface area contributed by atoms with Gasteiger partial charge in [-0.15, -0.1) is 23.5 Å². The monoisotopic (exact) mass is 205 g/mol. The van der Waals surface area contributed by atoms with Crippen molar-refractivity contribution in [2.75, 3.05) is 24.7 Å². The molecular formula is C7H11NO2S2. The largest absolute Gasteiger partial charge is 0.271 e. The molecule has 2 aliphatic heterocycles. The molecule has 0 atom stereocenters. The van der Waals surface area contributed by atoms with Gasteiger partial charge < -0.3 is 0 Å². The molecule has 2 aliphatic rings. The van der Waals surface area contributed by atoms with E-state index in [1.165, 1.54) is 5.06 Å². The molecule has 0 spiro atoms. The van der Waals surface area contributed by atoms with Crippen molar-refractivity contribution in [1.82, 2.24) is 5.06 Å². The Bertz CT molecular complexity index is 158. The number of carbonyl (C=O) groups is 1. The smallest absolute Gasteiger partial charge is 0.269 e. The van der Waals surface area contributed by atoms with Crippen LogP contribution in [0.2, 0.25) is 0 Å². The highest BCUT2D eigenvalue weighted by atomic mass is 32.2. The highest BCUT2D eigenvalue weighted by Gasteiger charge is 2.30. The Morgan fingerprint density at radius 1 is 1.42 bits per heavy atom. The number of nitrogens with zero attached hydrogens (tertiary/aromatic N) is 1. The fourth-order valence-electron chi connectivity index (χ4n) is 1.24. The van der Waals surface area contributed by atoms with E-state index in [9.17, 15) is 4.79 Å². The molecule has 0 unspecified atom stereocenters. The van der Waals surface area contributed by atoms with E-state index < -0.39 is 0 Å². The summed E-state index contributed by atoms with van der Waals surface area (Å²) >= 11 is 3.46. The highest BCUT2D eigenvalue weighted by Crippen LogP contribution is 2.33. The van der Waals surface area contributed by atoms with E-state index in [2.05, 4.69) is 0 Å². The molecule has 0 saturated carbocycles. The van der Waals surface area contributed by atoms with Gasteiger partial charge in [0.1, 0.15) is 4.58 Å². The summed E-state index contributed by atoms with van der Waals surface area (Å²) in [4.78, 5) is 16.8. The van der Waals surface area contributed by atoms with Crippen molar-refractivity contribution in [2.45, 2.75) is 11.0 Å². The Kier molecular flexibility index (Phi) is 2.83. The molecule has 0 bridgehead atoms. The van der Waals surface area contributed by atoms with Crippen molar-refractivity contribution in [3.63, 3.8) is 0 Å². The molecule has 2 saturated heterocycles. The lowest BCUT2D eigenvalue weighted by atomic mass is 10.5. The van der Waals surface area contributed by atoms with Gasteiger partial charge in [-0.2, -0.15) is 0 Å². The molecule has 0 aliphatic carbocycles. The van der Waals surface area contributed by atoms with E-state index in [0.29, 0.717) is 6.61 Å². The second-order valence-corrected chi connectivity index (χ2v) is 5.42.